The summed E-state index contributed by atoms with van der Waals surface area (Å²) in [4.78, 5) is 15.6. The van der Waals surface area contributed by atoms with E-state index in [2.05, 4.69) is 18.8 Å². The maximum Gasteiger partial charge on any atom is 0.255 e. The lowest BCUT2D eigenvalue weighted by atomic mass is 10.2. The van der Waals surface area contributed by atoms with Crippen molar-refractivity contribution in [3.8, 4) is 0 Å². The second-order valence-corrected chi connectivity index (χ2v) is 4.47. The second-order valence-electron chi connectivity index (χ2n) is 4.08. The van der Waals surface area contributed by atoms with Gasteiger partial charge in [-0.15, -0.1) is 0 Å². The fourth-order valence-corrected chi connectivity index (χ4v) is 1.55. The average molecular weight is 245 g/mol. The van der Waals surface area contributed by atoms with Crippen LogP contribution in [0.3, 0.4) is 0 Å². The molecule has 0 bridgehead atoms. The quantitative estimate of drug-likeness (QED) is 0.587. The van der Waals surface area contributed by atoms with Crippen LogP contribution in [0.5, 0.6) is 0 Å². The topological polar surface area (TPSA) is 44.1 Å². The molecule has 0 aromatic carbocycles. The van der Waals surface area contributed by atoms with Crippen molar-refractivity contribution in [2.24, 2.45) is 5.92 Å². The molecule has 0 N–H and O–H groups in total. The molecule has 5 heteroatoms. The molecule has 1 heterocycles. The minimum atomic E-state index is -0.134. The summed E-state index contributed by atoms with van der Waals surface area (Å²) in [6.07, 6.45) is 0. The van der Waals surface area contributed by atoms with Crippen LogP contribution >= 0.6 is 11.6 Å². The van der Waals surface area contributed by atoms with Gasteiger partial charge in [0.2, 0.25) is 0 Å². The number of aromatic nitrogens is 2. The highest BCUT2D eigenvalue weighted by atomic mass is 35.5. The summed E-state index contributed by atoms with van der Waals surface area (Å²) in [6, 6.07) is 1.32. The Kier molecular flexibility index (Phi) is 4.96. The SMILES string of the molecule is Cc1nc(Cl)cc(=O)n1CCOCC(C)C. The lowest BCUT2D eigenvalue weighted by Crippen LogP contribution is -2.25. The van der Waals surface area contributed by atoms with Gasteiger partial charge in [0.05, 0.1) is 13.2 Å². The molecule has 0 atom stereocenters. The van der Waals surface area contributed by atoms with E-state index in [1.807, 2.05) is 0 Å². The third-order valence-corrected chi connectivity index (χ3v) is 2.27. The van der Waals surface area contributed by atoms with Crippen molar-refractivity contribution in [2.45, 2.75) is 27.3 Å². The third-order valence-electron chi connectivity index (χ3n) is 2.08. The summed E-state index contributed by atoms with van der Waals surface area (Å²) in [5.74, 6) is 1.12. The van der Waals surface area contributed by atoms with Crippen molar-refractivity contribution in [3.05, 3.63) is 27.4 Å². The molecule has 0 radical (unpaired) electrons. The normalized spacial score (nSPS) is 11.1. The van der Waals surface area contributed by atoms with E-state index in [0.29, 0.717) is 31.5 Å². The Bertz CT molecular complexity index is 401. The molecular formula is C11H17ClN2O2. The third kappa shape index (κ3) is 3.94. The van der Waals surface area contributed by atoms with Crippen LogP contribution in [0.15, 0.2) is 10.9 Å². The largest absolute Gasteiger partial charge is 0.379 e. The number of hydrogen-bond donors (Lipinski definition) is 0. The lowest BCUT2D eigenvalue weighted by Gasteiger charge is -2.10. The van der Waals surface area contributed by atoms with Crippen LogP contribution in [-0.2, 0) is 11.3 Å². The summed E-state index contributed by atoms with van der Waals surface area (Å²) in [5.41, 5.74) is -0.134. The Balaban J connectivity index is 2.57. The van der Waals surface area contributed by atoms with E-state index >= 15 is 0 Å². The Morgan fingerprint density at radius 2 is 2.25 bits per heavy atom. The van der Waals surface area contributed by atoms with E-state index in [9.17, 15) is 4.79 Å². The first-order valence-corrected chi connectivity index (χ1v) is 5.70. The standard InChI is InChI=1S/C11H17ClN2O2/c1-8(2)7-16-5-4-14-9(3)13-10(12)6-11(14)15/h6,8H,4-5,7H2,1-3H3. The molecule has 0 amide bonds. The summed E-state index contributed by atoms with van der Waals surface area (Å²) in [7, 11) is 0. The van der Waals surface area contributed by atoms with Gasteiger partial charge in [-0.05, 0) is 12.8 Å². The molecule has 0 unspecified atom stereocenters. The molecule has 0 aliphatic heterocycles. The first-order valence-electron chi connectivity index (χ1n) is 5.32. The number of aryl methyl sites for hydroxylation is 1. The molecule has 0 aliphatic rings. The summed E-state index contributed by atoms with van der Waals surface area (Å²) >= 11 is 5.67. The van der Waals surface area contributed by atoms with Crippen LogP contribution in [0, 0.1) is 12.8 Å². The van der Waals surface area contributed by atoms with Gasteiger partial charge in [-0.3, -0.25) is 9.36 Å². The van der Waals surface area contributed by atoms with Crippen molar-refractivity contribution in [1.29, 1.82) is 0 Å². The minimum Gasteiger partial charge on any atom is -0.379 e. The predicted molar refractivity (Wildman–Crippen MR) is 63.9 cm³/mol. The van der Waals surface area contributed by atoms with Crippen molar-refractivity contribution in [2.75, 3.05) is 13.2 Å². The highest BCUT2D eigenvalue weighted by Crippen LogP contribution is 2.01. The first-order chi connectivity index (χ1) is 7.50. The first kappa shape index (κ1) is 13.2. The Morgan fingerprint density at radius 1 is 1.56 bits per heavy atom. The van der Waals surface area contributed by atoms with Gasteiger partial charge in [-0.1, -0.05) is 25.4 Å². The van der Waals surface area contributed by atoms with E-state index in [1.165, 1.54) is 6.07 Å². The molecule has 0 spiro atoms. The zero-order chi connectivity index (χ0) is 12.1. The number of rotatable bonds is 5. The van der Waals surface area contributed by atoms with Crippen LogP contribution < -0.4 is 5.56 Å². The Hall–Kier alpha value is -0.870. The highest BCUT2D eigenvalue weighted by Gasteiger charge is 2.03. The molecule has 4 nitrogen and oxygen atoms in total. The minimum absolute atomic E-state index is 0.134. The Morgan fingerprint density at radius 3 is 2.81 bits per heavy atom. The molecule has 1 aromatic rings. The molecule has 16 heavy (non-hydrogen) atoms. The van der Waals surface area contributed by atoms with Crippen LogP contribution in [0.1, 0.15) is 19.7 Å². The molecule has 0 saturated carbocycles. The maximum atomic E-state index is 11.6. The fraction of sp³-hybridized carbons (Fsp3) is 0.636. The van der Waals surface area contributed by atoms with Gasteiger partial charge in [0, 0.05) is 12.7 Å². The lowest BCUT2D eigenvalue weighted by molar-refractivity contribution is 0.102. The van der Waals surface area contributed by atoms with Gasteiger partial charge >= 0.3 is 0 Å². The van der Waals surface area contributed by atoms with E-state index in [0.717, 1.165) is 0 Å². The summed E-state index contributed by atoms with van der Waals surface area (Å²) in [6.45, 7) is 7.66. The van der Waals surface area contributed by atoms with E-state index in [-0.39, 0.29) is 10.7 Å². The molecule has 90 valence electrons. The Labute approximate surface area is 100 Å². The molecule has 0 aliphatic carbocycles. The van der Waals surface area contributed by atoms with Gasteiger partial charge in [0.1, 0.15) is 11.0 Å². The fourth-order valence-electron chi connectivity index (χ4n) is 1.33. The van der Waals surface area contributed by atoms with E-state index in [4.69, 9.17) is 16.3 Å². The van der Waals surface area contributed by atoms with Crippen molar-refractivity contribution >= 4 is 11.6 Å². The molecule has 0 fully saturated rings. The zero-order valence-electron chi connectivity index (χ0n) is 9.86. The average Bonchev–Trinajstić information content (AvgIpc) is 2.14. The number of hydrogen-bond acceptors (Lipinski definition) is 3. The summed E-state index contributed by atoms with van der Waals surface area (Å²) < 4.78 is 6.98. The van der Waals surface area contributed by atoms with Crippen molar-refractivity contribution < 1.29 is 4.74 Å². The summed E-state index contributed by atoms with van der Waals surface area (Å²) in [5, 5.41) is 0.238. The van der Waals surface area contributed by atoms with E-state index < -0.39 is 0 Å². The van der Waals surface area contributed by atoms with Crippen LogP contribution in [-0.4, -0.2) is 22.8 Å². The predicted octanol–water partition coefficient (Wildman–Crippen LogP) is 1.88. The van der Waals surface area contributed by atoms with Gasteiger partial charge in [0.25, 0.3) is 5.56 Å². The van der Waals surface area contributed by atoms with Crippen LogP contribution in [0.4, 0.5) is 0 Å². The van der Waals surface area contributed by atoms with Gasteiger partial charge in [0.15, 0.2) is 0 Å². The smallest absolute Gasteiger partial charge is 0.255 e. The van der Waals surface area contributed by atoms with Crippen LogP contribution in [0.25, 0.3) is 0 Å². The number of nitrogens with zero attached hydrogens (tertiary/aromatic N) is 2. The maximum absolute atomic E-state index is 11.6. The van der Waals surface area contributed by atoms with Crippen molar-refractivity contribution in [3.63, 3.8) is 0 Å². The van der Waals surface area contributed by atoms with Gasteiger partial charge < -0.3 is 4.74 Å². The highest BCUT2D eigenvalue weighted by molar-refractivity contribution is 6.29. The van der Waals surface area contributed by atoms with Gasteiger partial charge in [-0.25, -0.2) is 4.98 Å². The molecule has 0 saturated heterocycles. The second kappa shape index (κ2) is 6.01. The molecular weight excluding hydrogens is 228 g/mol. The zero-order valence-corrected chi connectivity index (χ0v) is 10.6. The van der Waals surface area contributed by atoms with E-state index in [1.54, 1.807) is 11.5 Å². The number of ether oxygens (including phenoxy) is 1. The van der Waals surface area contributed by atoms with Crippen molar-refractivity contribution in [1.82, 2.24) is 9.55 Å². The monoisotopic (exact) mass is 244 g/mol. The van der Waals surface area contributed by atoms with Gasteiger partial charge in [-0.2, -0.15) is 0 Å². The molecule has 1 rings (SSSR count). The molecule has 1 aromatic heterocycles. The number of halogens is 1. The van der Waals surface area contributed by atoms with Crippen LogP contribution in [0.2, 0.25) is 5.15 Å².